The van der Waals surface area contributed by atoms with E-state index < -0.39 is 0 Å². The van der Waals surface area contributed by atoms with Crippen LogP contribution in [0.3, 0.4) is 0 Å². The summed E-state index contributed by atoms with van der Waals surface area (Å²) >= 11 is 6.97. The number of halogens is 2. The molecule has 0 aromatic heterocycles. The van der Waals surface area contributed by atoms with Crippen molar-refractivity contribution >= 4 is 31.9 Å². The lowest BCUT2D eigenvalue weighted by molar-refractivity contribution is 0.0566. The highest BCUT2D eigenvalue weighted by Crippen LogP contribution is 2.22. The molecule has 3 heteroatoms. The van der Waals surface area contributed by atoms with Gasteiger partial charge in [-0.05, 0) is 23.3 Å². The highest BCUT2D eigenvalue weighted by Gasteiger charge is 2.10. The maximum absolute atomic E-state index is 5.95. The fourth-order valence-corrected chi connectivity index (χ4v) is 2.73. The van der Waals surface area contributed by atoms with E-state index in [9.17, 15) is 0 Å². The minimum Gasteiger partial charge on any atom is -0.368 e. The minimum absolute atomic E-state index is 0.0881. The van der Waals surface area contributed by atoms with Gasteiger partial charge in [-0.25, -0.2) is 0 Å². The van der Waals surface area contributed by atoms with Crippen LogP contribution >= 0.6 is 31.9 Å². The summed E-state index contributed by atoms with van der Waals surface area (Å²) in [6, 6.07) is 18.5. The molecule has 0 saturated heterocycles. The second kappa shape index (κ2) is 7.07. The molecule has 2 rings (SSSR count). The average molecular weight is 370 g/mol. The average Bonchev–Trinajstić information content (AvgIpc) is 2.41. The summed E-state index contributed by atoms with van der Waals surface area (Å²) in [5.41, 5.74) is 2.37. The maximum atomic E-state index is 5.95. The lowest BCUT2D eigenvalue weighted by Crippen LogP contribution is -2.05. The van der Waals surface area contributed by atoms with Crippen molar-refractivity contribution in [1.82, 2.24) is 0 Å². The van der Waals surface area contributed by atoms with E-state index in [4.69, 9.17) is 4.74 Å². The van der Waals surface area contributed by atoms with Gasteiger partial charge >= 0.3 is 0 Å². The number of hydrogen-bond acceptors (Lipinski definition) is 1. The first-order valence-electron chi connectivity index (χ1n) is 5.76. The van der Waals surface area contributed by atoms with Crippen molar-refractivity contribution in [1.29, 1.82) is 0 Å². The molecule has 1 unspecified atom stereocenters. The summed E-state index contributed by atoms with van der Waals surface area (Å²) in [6.45, 7) is 0.616. The van der Waals surface area contributed by atoms with Crippen molar-refractivity contribution in [3.05, 3.63) is 70.2 Å². The zero-order valence-corrected chi connectivity index (χ0v) is 13.0. The number of rotatable bonds is 5. The van der Waals surface area contributed by atoms with Crippen LogP contribution in [0.2, 0.25) is 0 Å². The molecule has 0 fully saturated rings. The molecule has 0 spiro atoms. The second-order valence-electron chi connectivity index (χ2n) is 3.99. The second-order valence-corrected chi connectivity index (χ2v) is 5.56. The van der Waals surface area contributed by atoms with Gasteiger partial charge in [0.15, 0.2) is 0 Å². The molecular weight excluding hydrogens is 356 g/mol. The highest BCUT2D eigenvalue weighted by molar-refractivity contribution is 9.10. The van der Waals surface area contributed by atoms with Crippen LogP contribution < -0.4 is 0 Å². The minimum atomic E-state index is 0.0881. The summed E-state index contributed by atoms with van der Waals surface area (Å²) in [7, 11) is 0. The van der Waals surface area contributed by atoms with Crippen molar-refractivity contribution in [3.8, 4) is 0 Å². The molecule has 0 amide bonds. The third-order valence-electron chi connectivity index (χ3n) is 2.65. The molecule has 2 aromatic carbocycles. The summed E-state index contributed by atoms with van der Waals surface area (Å²) in [5, 5.41) is 0.797. The van der Waals surface area contributed by atoms with E-state index in [2.05, 4.69) is 56.1 Å². The first kappa shape index (κ1) is 13.8. The predicted molar refractivity (Wildman–Crippen MR) is 81.9 cm³/mol. The topological polar surface area (TPSA) is 9.23 Å². The largest absolute Gasteiger partial charge is 0.368 e. The van der Waals surface area contributed by atoms with Gasteiger partial charge in [0.2, 0.25) is 0 Å². The van der Waals surface area contributed by atoms with Crippen LogP contribution in [0.1, 0.15) is 17.2 Å². The summed E-state index contributed by atoms with van der Waals surface area (Å²) < 4.78 is 7.03. The van der Waals surface area contributed by atoms with Gasteiger partial charge < -0.3 is 4.74 Å². The Hall–Kier alpha value is -0.640. The van der Waals surface area contributed by atoms with Crippen LogP contribution in [-0.2, 0) is 11.3 Å². The van der Waals surface area contributed by atoms with E-state index in [0.29, 0.717) is 6.61 Å². The fraction of sp³-hybridized carbons (Fsp3) is 0.200. The van der Waals surface area contributed by atoms with Crippen molar-refractivity contribution in [3.63, 3.8) is 0 Å². The SMILES string of the molecule is BrCC(OCc1cccc(Br)c1)c1ccccc1. The quantitative estimate of drug-likeness (QED) is 0.666. The molecule has 0 radical (unpaired) electrons. The lowest BCUT2D eigenvalue weighted by atomic mass is 10.1. The molecule has 0 bridgehead atoms. The zero-order valence-electron chi connectivity index (χ0n) is 9.85. The van der Waals surface area contributed by atoms with Crippen LogP contribution in [0.25, 0.3) is 0 Å². The Balaban J connectivity index is 2.00. The van der Waals surface area contributed by atoms with Crippen LogP contribution in [0.15, 0.2) is 59.1 Å². The Bertz CT molecular complexity index is 485. The van der Waals surface area contributed by atoms with Crippen molar-refractivity contribution in [2.45, 2.75) is 12.7 Å². The molecule has 2 aromatic rings. The third-order valence-corrected chi connectivity index (χ3v) is 3.73. The Labute approximate surface area is 124 Å². The van der Waals surface area contributed by atoms with E-state index in [1.165, 1.54) is 11.1 Å². The molecule has 0 saturated carbocycles. The Morgan fingerprint density at radius 1 is 1.00 bits per heavy atom. The van der Waals surface area contributed by atoms with Crippen molar-refractivity contribution in [2.75, 3.05) is 5.33 Å². The Morgan fingerprint density at radius 2 is 1.78 bits per heavy atom. The van der Waals surface area contributed by atoms with Crippen LogP contribution in [-0.4, -0.2) is 5.33 Å². The summed E-state index contributed by atoms with van der Waals surface area (Å²) in [5.74, 6) is 0. The molecule has 1 atom stereocenters. The Morgan fingerprint density at radius 3 is 2.44 bits per heavy atom. The molecular formula is C15H14Br2O. The number of benzene rings is 2. The van der Waals surface area contributed by atoms with E-state index in [1.54, 1.807) is 0 Å². The smallest absolute Gasteiger partial charge is 0.0926 e. The standard InChI is InChI=1S/C15H14Br2O/c16-10-15(13-6-2-1-3-7-13)18-11-12-5-4-8-14(17)9-12/h1-9,15H,10-11H2. The molecule has 0 N–H and O–H groups in total. The monoisotopic (exact) mass is 368 g/mol. The van der Waals surface area contributed by atoms with Gasteiger partial charge in [-0.15, -0.1) is 0 Å². The van der Waals surface area contributed by atoms with E-state index >= 15 is 0 Å². The highest BCUT2D eigenvalue weighted by atomic mass is 79.9. The van der Waals surface area contributed by atoms with Gasteiger partial charge in [0.05, 0.1) is 12.7 Å². The maximum Gasteiger partial charge on any atom is 0.0926 e. The van der Waals surface area contributed by atoms with Gasteiger partial charge in [-0.3, -0.25) is 0 Å². The van der Waals surface area contributed by atoms with Gasteiger partial charge in [0.25, 0.3) is 0 Å². The van der Waals surface area contributed by atoms with Gasteiger partial charge in [-0.2, -0.15) is 0 Å². The van der Waals surface area contributed by atoms with Crippen LogP contribution in [0.4, 0.5) is 0 Å². The van der Waals surface area contributed by atoms with Gasteiger partial charge in [-0.1, -0.05) is 74.3 Å². The molecule has 94 valence electrons. The van der Waals surface area contributed by atoms with Gasteiger partial charge in [0, 0.05) is 9.80 Å². The van der Waals surface area contributed by atoms with Gasteiger partial charge in [0.1, 0.15) is 0 Å². The van der Waals surface area contributed by atoms with E-state index in [1.807, 2.05) is 30.3 Å². The van der Waals surface area contributed by atoms with E-state index in [-0.39, 0.29) is 6.10 Å². The molecule has 0 aliphatic rings. The lowest BCUT2D eigenvalue weighted by Gasteiger charge is -2.16. The zero-order chi connectivity index (χ0) is 12.8. The fourth-order valence-electron chi connectivity index (χ4n) is 1.72. The first-order valence-corrected chi connectivity index (χ1v) is 7.68. The van der Waals surface area contributed by atoms with Crippen LogP contribution in [0, 0.1) is 0 Å². The summed E-state index contributed by atoms with van der Waals surface area (Å²) in [4.78, 5) is 0. The molecule has 18 heavy (non-hydrogen) atoms. The molecule has 0 aliphatic heterocycles. The molecule has 0 aliphatic carbocycles. The number of ether oxygens (including phenoxy) is 1. The van der Waals surface area contributed by atoms with Crippen molar-refractivity contribution in [2.24, 2.45) is 0 Å². The predicted octanol–water partition coefficient (Wildman–Crippen LogP) is 5.10. The number of alkyl halides is 1. The third kappa shape index (κ3) is 3.94. The number of hydrogen-bond donors (Lipinski definition) is 0. The summed E-state index contributed by atoms with van der Waals surface area (Å²) in [6.07, 6.45) is 0.0881. The van der Waals surface area contributed by atoms with Crippen molar-refractivity contribution < 1.29 is 4.74 Å². The Kier molecular flexibility index (Phi) is 5.42. The molecule has 0 heterocycles. The normalized spacial score (nSPS) is 12.3. The molecule has 1 nitrogen and oxygen atoms in total. The van der Waals surface area contributed by atoms with E-state index in [0.717, 1.165) is 9.80 Å². The van der Waals surface area contributed by atoms with Crippen LogP contribution in [0.5, 0.6) is 0 Å². The first-order chi connectivity index (χ1) is 8.79.